The molecule has 0 spiro atoms. The van der Waals surface area contributed by atoms with E-state index < -0.39 is 5.97 Å². The summed E-state index contributed by atoms with van der Waals surface area (Å²) in [7, 11) is 0. The Morgan fingerprint density at radius 1 is 0.854 bits per heavy atom. The molecule has 0 unspecified atom stereocenters. The van der Waals surface area contributed by atoms with Crippen molar-refractivity contribution in [2.75, 3.05) is 63.9 Å². The summed E-state index contributed by atoms with van der Waals surface area (Å²) in [6.07, 6.45) is 4.09. The highest BCUT2D eigenvalue weighted by Crippen LogP contribution is 2.34. The molecule has 1 aromatic heterocycles. The van der Waals surface area contributed by atoms with Gasteiger partial charge in [0.25, 0.3) is 0 Å². The molecule has 2 aliphatic heterocycles. The van der Waals surface area contributed by atoms with Crippen LogP contribution >= 0.6 is 11.6 Å². The molecule has 2 saturated heterocycles. The number of halogens is 1. The van der Waals surface area contributed by atoms with Crippen molar-refractivity contribution in [1.82, 2.24) is 14.8 Å². The monoisotopic (exact) mass is 664 g/mol. The van der Waals surface area contributed by atoms with E-state index in [2.05, 4.69) is 62.3 Å². The molecular weight excluding hydrogens is 624 g/mol. The minimum absolute atomic E-state index is 0.149. The summed E-state index contributed by atoms with van der Waals surface area (Å²) in [6.45, 7) is 8.96. The van der Waals surface area contributed by atoms with Crippen molar-refractivity contribution >= 4 is 34.2 Å². The predicted molar refractivity (Wildman–Crippen MR) is 192 cm³/mol. The minimum Gasteiger partial charge on any atom is -0.478 e. The lowest BCUT2D eigenvalue weighted by molar-refractivity contribution is 0.0375. The normalized spacial score (nSPS) is 16.0. The third kappa shape index (κ3) is 7.53. The zero-order chi connectivity index (χ0) is 32.9. The molecule has 0 aliphatic carbocycles. The number of H-pyrrole nitrogens is 1. The number of nitrogens with one attached hydrogen (secondary N) is 1. The van der Waals surface area contributed by atoms with Crippen LogP contribution in [0, 0.1) is 0 Å². The number of piperazine rings is 1. The van der Waals surface area contributed by atoms with Crippen molar-refractivity contribution < 1.29 is 19.4 Å². The molecular formula is C39H41ClN4O4. The van der Waals surface area contributed by atoms with E-state index in [1.165, 1.54) is 16.7 Å². The number of ether oxygens (including phenoxy) is 2. The second-order valence-corrected chi connectivity index (χ2v) is 13.0. The fourth-order valence-electron chi connectivity index (χ4n) is 6.82. The molecule has 2 N–H and O–H groups in total. The molecule has 0 radical (unpaired) electrons. The number of benzene rings is 4. The molecule has 2 aliphatic rings. The number of anilines is 1. The van der Waals surface area contributed by atoms with Gasteiger partial charge in [-0.15, -0.1) is 0 Å². The first-order chi connectivity index (χ1) is 23.5. The van der Waals surface area contributed by atoms with Crippen LogP contribution in [0.15, 0.2) is 91.1 Å². The van der Waals surface area contributed by atoms with Crippen molar-refractivity contribution in [3.05, 3.63) is 113 Å². The number of carbonyl (C=O) groups is 1. The van der Waals surface area contributed by atoms with Crippen molar-refractivity contribution in [2.24, 2.45) is 0 Å². The number of hydrogen-bond acceptors (Lipinski definition) is 6. The van der Waals surface area contributed by atoms with Gasteiger partial charge in [0.2, 0.25) is 0 Å². The zero-order valence-electron chi connectivity index (χ0n) is 27.0. The first-order valence-electron chi connectivity index (χ1n) is 16.8. The number of carboxylic acids is 1. The van der Waals surface area contributed by atoms with Crippen molar-refractivity contribution in [3.8, 4) is 22.6 Å². The van der Waals surface area contributed by atoms with E-state index in [0.29, 0.717) is 11.5 Å². The Morgan fingerprint density at radius 2 is 1.65 bits per heavy atom. The van der Waals surface area contributed by atoms with E-state index in [-0.39, 0.29) is 5.56 Å². The van der Waals surface area contributed by atoms with E-state index in [9.17, 15) is 9.90 Å². The number of aromatic carboxylic acids is 1. The van der Waals surface area contributed by atoms with Crippen molar-refractivity contribution in [3.63, 3.8) is 0 Å². The Hall–Kier alpha value is -4.34. The lowest BCUT2D eigenvalue weighted by Gasteiger charge is -2.36. The Balaban J connectivity index is 1.02. The van der Waals surface area contributed by atoms with Gasteiger partial charge in [0, 0.05) is 79.7 Å². The molecule has 5 aromatic rings. The highest BCUT2D eigenvalue weighted by Gasteiger charge is 2.21. The van der Waals surface area contributed by atoms with Crippen molar-refractivity contribution in [2.45, 2.75) is 19.4 Å². The smallest absolute Gasteiger partial charge is 0.339 e. The fourth-order valence-corrected chi connectivity index (χ4v) is 6.94. The van der Waals surface area contributed by atoms with E-state index in [0.717, 1.165) is 106 Å². The van der Waals surface area contributed by atoms with Crippen LogP contribution in [0.1, 0.15) is 27.9 Å². The van der Waals surface area contributed by atoms with E-state index in [1.807, 2.05) is 42.5 Å². The Labute approximate surface area is 286 Å². The van der Waals surface area contributed by atoms with E-state index >= 15 is 0 Å². The van der Waals surface area contributed by atoms with Crippen LogP contribution in [0.3, 0.4) is 0 Å². The Kier molecular flexibility index (Phi) is 9.95. The molecule has 2 fully saturated rings. The van der Waals surface area contributed by atoms with Gasteiger partial charge in [-0.05, 0) is 84.1 Å². The number of fused-ring (bicyclic) bond motifs is 1. The summed E-state index contributed by atoms with van der Waals surface area (Å²) in [5, 5.41) is 11.8. The number of rotatable bonds is 11. The van der Waals surface area contributed by atoms with Gasteiger partial charge in [-0.3, -0.25) is 9.80 Å². The average molecular weight is 665 g/mol. The first-order valence-corrected chi connectivity index (χ1v) is 17.1. The highest BCUT2D eigenvalue weighted by atomic mass is 35.5. The third-order valence-electron chi connectivity index (χ3n) is 9.49. The molecule has 248 valence electrons. The Morgan fingerprint density at radius 3 is 2.44 bits per heavy atom. The SMILES string of the molecule is O=C(O)c1ccc(N2CCN(Cc3ccccc3-c3ccc(Cl)cc3)CC2)cc1Oc1ccc2[nH]cc(CCCN3CCOCC3)c2c1. The van der Waals surface area contributed by atoms with Crippen LogP contribution in [0.2, 0.25) is 5.02 Å². The summed E-state index contributed by atoms with van der Waals surface area (Å²) in [5.74, 6) is -0.0318. The molecule has 9 heteroatoms. The van der Waals surface area contributed by atoms with Gasteiger partial charge in [0.15, 0.2) is 0 Å². The number of hydrogen-bond donors (Lipinski definition) is 2. The molecule has 0 atom stereocenters. The van der Waals surface area contributed by atoms with Gasteiger partial charge in [0.05, 0.1) is 13.2 Å². The second kappa shape index (κ2) is 14.8. The summed E-state index contributed by atoms with van der Waals surface area (Å²) in [4.78, 5) is 22.8. The molecule has 7 rings (SSSR count). The molecule has 0 bridgehead atoms. The van der Waals surface area contributed by atoms with E-state index in [1.54, 1.807) is 6.07 Å². The van der Waals surface area contributed by atoms with Gasteiger partial charge >= 0.3 is 5.97 Å². The first kappa shape index (κ1) is 32.2. The molecule has 0 saturated carbocycles. The molecule has 8 nitrogen and oxygen atoms in total. The minimum atomic E-state index is -1.01. The van der Waals surface area contributed by atoms with Gasteiger partial charge in [0.1, 0.15) is 17.1 Å². The van der Waals surface area contributed by atoms with Gasteiger partial charge in [-0.25, -0.2) is 4.79 Å². The topological polar surface area (TPSA) is 81.3 Å². The zero-order valence-corrected chi connectivity index (χ0v) is 27.8. The van der Waals surface area contributed by atoms with Gasteiger partial charge < -0.3 is 24.5 Å². The van der Waals surface area contributed by atoms with Crippen molar-refractivity contribution in [1.29, 1.82) is 0 Å². The van der Waals surface area contributed by atoms with Crippen LogP contribution in [-0.2, 0) is 17.7 Å². The lowest BCUT2D eigenvalue weighted by Crippen LogP contribution is -2.46. The number of carboxylic acid groups (broad SMARTS) is 1. The average Bonchev–Trinajstić information content (AvgIpc) is 3.51. The third-order valence-corrected chi connectivity index (χ3v) is 9.74. The highest BCUT2D eigenvalue weighted by molar-refractivity contribution is 6.30. The van der Waals surface area contributed by atoms with Crippen LogP contribution in [0.4, 0.5) is 5.69 Å². The number of morpholine rings is 1. The fraction of sp³-hybridized carbons (Fsp3) is 0.308. The molecule has 48 heavy (non-hydrogen) atoms. The number of nitrogens with zero attached hydrogens (tertiary/aromatic N) is 3. The predicted octanol–water partition coefficient (Wildman–Crippen LogP) is 7.57. The Bertz CT molecular complexity index is 1860. The summed E-state index contributed by atoms with van der Waals surface area (Å²) >= 11 is 6.14. The molecule has 3 heterocycles. The lowest BCUT2D eigenvalue weighted by atomic mass is 9.99. The van der Waals surface area contributed by atoms with Crippen LogP contribution in [-0.4, -0.2) is 84.9 Å². The van der Waals surface area contributed by atoms with Gasteiger partial charge in [-0.1, -0.05) is 48.0 Å². The number of aromatic amines is 1. The standard InChI is InChI=1S/C39H41ClN4O4/c40-31-9-7-28(8-10-31)34-6-2-1-4-30(34)27-43-16-18-44(19-17-43)32-11-13-35(39(45)46)38(24-32)48-33-12-14-37-36(25-33)29(26-41-37)5-3-15-42-20-22-47-23-21-42/h1-2,4,6-14,24-26,41H,3,5,15-23,27H2,(H,45,46). The van der Waals surface area contributed by atoms with Crippen LogP contribution in [0.5, 0.6) is 11.5 Å². The summed E-state index contributed by atoms with van der Waals surface area (Å²) in [5.41, 5.74) is 7.07. The molecule has 0 amide bonds. The van der Waals surface area contributed by atoms with Crippen LogP contribution < -0.4 is 9.64 Å². The maximum Gasteiger partial charge on any atom is 0.339 e. The second-order valence-electron chi connectivity index (χ2n) is 12.6. The van der Waals surface area contributed by atoms with E-state index in [4.69, 9.17) is 21.1 Å². The maximum absolute atomic E-state index is 12.2. The van der Waals surface area contributed by atoms with Crippen LogP contribution in [0.25, 0.3) is 22.0 Å². The number of aromatic nitrogens is 1. The quantitative estimate of drug-likeness (QED) is 0.151. The molecule has 4 aromatic carbocycles. The summed E-state index contributed by atoms with van der Waals surface area (Å²) in [6, 6.07) is 27.9. The maximum atomic E-state index is 12.2. The number of aryl methyl sites for hydroxylation is 1. The summed E-state index contributed by atoms with van der Waals surface area (Å²) < 4.78 is 11.8. The largest absolute Gasteiger partial charge is 0.478 e. The van der Waals surface area contributed by atoms with Gasteiger partial charge in [-0.2, -0.15) is 0 Å².